The first kappa shape index (κ1) is 19.8. The molecule has 0 aliphatic heterocycles. The van der Waals surface area contributed by atoms with E-state index in [2.05, 4.69) is 11.8 Å². The third-order valence-electron chi connectivity index (χ3n) is 4.84. The van der Waals surface area contributed by atoms with E-state index in [1.807, 2.05) is 72.8 Å². The van der Waals surface area contributed by atoms with Crippen molar-refractivity contribution in [1.82, 2.24) is 0 Å². The van der Waals surface area contributed by atoms with Crippen molar-refractivity contribution in [2.75, 3.05) is 5.12 Å². The van der Waals surface area contributed by atoms with Gasteiger partial charge < -0.3 is 5.73 Å². The van der Waals surface area contributed by atoms with Crippen LogP contribution in [-0.4, -0.2) is 22.2 Å². The van der Waals surface area contributed by atoms with Gasteiger partial charge in [0.1, 0.15) is 5.69 Å². The van der Waals surface area contributed by atoms with Crippen LogP contribution < -0.4 is 10.9 Å². The van der Waals surface area contributed by atoms with Crippen LogP contribution in [0.1, 0.15) is 5.56 Å². The van der Waals surface area contributed by atoms with Crippen LogP contribution in [0.3, 0.4) is 0 Å². The van der Waals surface area contributed by atoms with E-state index >= 15 is 0 Å². The van der Waals surface area contributed by atoms with Gasteiger partial charge in [-0.05, 0) is 40.8 Å². The van der Waals surface area contributed by atoms with Gasteiger partial charge in [-0.1, -0.05) is 54.6 Å². The Labute approximate surface area is 179 Å². The van der Waals surface area contributed by atoms with Crippen molar-refractivity contribution in [3.05, 3.63) is 113 Å². The van der Waals surface area contributed by atoms with Crippen LogP contribution >= 0.6 is 0 Å². The number of amidine groups is 1. The van der Waals surface area contributed by atoms with E-state index in [0.717, 1.165) is 22.0 Å². The Hall–Kier alpha value is -4.52. The first-order chi connectivity index (χ1) is 15.0. The van der Waals surface area contributed by atoms with Gasteiger partial charge in [0.2, 0.25) is 0 Å². The zero-order chi connectivity index (χ0) is 21.8. The van der Waals surface area contributed by atoms with E-state index in [9.17, 15) is 10.1 Å². The number of benzene rings is 4. The second-order valence-electron chi connectivity index (χ2n) is 6.81. The lowest BCUT2D eigenvalue weighted by Gasteiger charge is -2.16. The average molecular weight is 410 g/mol. The lowest BCUT2D eigenvalue weighted by atomic mass is 10.1. The minimum atomic E-state index is -0.439. The Morgan fingerprint density at radius 2 is 1.45 bits per heavy atom. The third-order valence-corrected chi connectivity index (χ3v) is 4.84. The molecule has 0 bridgehead atoms. The van der Waals surface area contributed by atoms with E-state index in [1.165, 1.54) is 12.1 Å². The number of hydrazine groups is 1. The second-order valence-corrected chi connectivity index (χ2v) is 6.81. The predicted molar refractivity (Wildman–Crippen MR) is 124 cm³/mol. The van der Waals surface area contributed by atoms with Crippen molar-refractivity contribution in [1.29, 1.82) is 0 Å². The van der Waals surface area contributed by atoms with E-state index < -0.39 is 4.92 Å². The smallest absolute Gasteiger partial charge is 0.271 e. The van der Waals surface area contributed by atoms with Crippen molar-refractivity contribution in [2.24, 2.45) is 10.8 Å². The van der Waals surface area contributed by atoms with Gasteiger partial charge in [-0.15, -0.1) is 4.68 Å². The molecule has 0 aliphatic carbocycles. The highest BCUT2D eigenvalue weighted by atomic mass is 16.6. The Morgan fingerprint density at radius 3 is 2.16 bits per heavy atom. The molecule has 0 heterocycles. The molecule has 0 aliphatic rings. The normalized spacial score (nSPS) is 11.3. The zero-order valence-corrected chi connectivity index (χ0v) is 16.6. The maximum atomic E-state index is 11.0. The van der Waals surface area contributed by atoms with Crippen molar-refractivity contribution < 1.29 is 9.61 Å². The molecule has 4 aromatic rings. The number of hydrazone groups is 2. The molecule has 0 saturated carbocycles. The van der Waals surface area contributed by atoms with E-state index in [-0.39, 0.29) is 5.69 Å². The minimum absolute atomic E-state index is 0.00108. The summed E-state index contributed by atoms with van der Waals surface area (Å²) in [5, 5.41) is 19.3. The first-order valence-electron chi connectivity index (χ1n) is 9.57. The van der Waals surface area contributed by atoms with Gasteiger partial charge in [0, 0.05) is 23.1 Å². The van der Waals surface area contributed by atoms with Crippen LogP contribution in [0.4, 0.5) is 17.1 Å². The van der Waals surface area contributed by atoms with Gasteiger partial charge in [-0.25, -0.2) is 0 Å². The van der Waals surface area contributed by atoms with Crippen LogP contribution in [-0.2, 0) is 0 Å². The van der Waals surface area contributed by atoms with Crippen LogP contribution in [0, 0.1) is 10.1 Å². The summed E-state index contributed by atoms with van der Waals surface area (Å²) >= 11 is 0. The molecule has 0 aromatic heterocycles. The summed E-state index contributed by atoms with van der Waals surface area (Å²) in [6, 6.07) is 29.3. The van der Waals surface area contributed by atoms with Crippen LogP contribution in [0.25, 0.3) is 10.8 Å². The molecule has 7 nitrogen and oxygen atoms in total. The van der Waals surface area contributed by atoms with Gasteiger partial charge in [0.05, 0.1) is 16.7 Å². The fraction of sp³-hybridized carbons (Fsp3) is 0. The molecule has 2 N–H and O–H groups in total. The topological polar surface area (TPSA) is 87.8 Å². The van der Waals surface area contributed by atoms with Crippen LogP contribution in [0.2, 0.25) is 0 Å². The minimum Gasteiger partial charge on any atom is -0.360 e. The number of fused-ring (bicyclic) bond motifs is 1. The maximum Gasteiger partial charge on any atom is 0.271 e. The van der Waals surface area contributed by atoms with Crippen molar-refractivity contribution in [3.63, 3.8) is 0 Å². The summed E-state index contributed by atoms with van der Waals surface area (Å²) < 4.78 is 1.56. The molecular formula is C24H20N5O2+. The Bertz CT molecular complexity index is 1280. The monoisotopic (exact) mass is 410 g/mol. The maximum absolute atomic E-state index is 11.0. The summed E-state index contributed by atoms with van der Waals surface area (Å²) in [6.45, 7) is 4.14. The number of hydrogen-bond donors (Lipinski definition) is 1. The Morgan fingerprint density at radius 1 is 0.839 bits per heavy atom. The van der Waals surface area contributed by atoms with Gasteiger partial charge in [0.15, 0.2) is 5.69 Å². The molecule has 0 amide bonds. The standard InChI is InChI=1S/C24H20N5O2/c1-27(20-14-16-21(17-15-20)29(30)31)28(26-24(25)19-9-3-2-4-10-19)23-13-7-11-18-8-5-6-12-22(18)23/h2-17H,1H2,(H2,25,26)/q+1. The first-order valence-corrected chi connectivity index (χ1v) is 9.57. The van der Waals surface area contributed by atoms with Gasteiger partial charge in [0.25, 0.3) is 11.5 Å². The van der Waals surface area contributed by atoms with Gasteiger partial charge >= 0.3 is 0 Å². The molecule has 152 valence electrons. The number of nitrogens with two attached hydrogens (primary N) is 1. The van der Waals surface area contributed by atoms with Gasteiger partial charge in [-0.3, -0.25) is 10.1 Å². The number of anilines is 1. The zero-order valence-electron chi connectivity index (χ0n) is 16.6. The molecule has 0 saturated heterocycles. The van der Waals surface area contributed by atoms with Gasteiger partial charge in [-0.2, -0.15) is 0 Å². The number of non-ortho nitro benzene ring substituents is 1. The molecule has 0 atom stereocenters. The summed E-state index contributed by atoms with van der Waals surface area (Å²) in [5.74, 6) is 0.309. The van der Waals surface area contributed by atoms with Crippen molar-refractivity contribution in [3.8, 4) is 0 Å². The largest absolute Gasteiger partial charge is 0.360 e. The SMILES string of the molecule is C=[N+](c1ccc([N+](=O)[O-])cc1)N(/N=C(\N)c1ccccc1)c1cccc2ccccc12. The summed E-state index contributed by atoms with van der Waals surface area (Å²) in [7, 11) is 0. The number of nitrogens with zero attached hydrogens (tertiary/aromatic N) is 4. The quantitative estimate of drug-likeness (QED) is 0.162. The number of rotatable bonds is 6. The lowest BCUT2D eigenvalue weighted by molar-refractivity contribution is -0.447. The average Bonchev–Trinajstić information content (AvgIpc) is 2.82. The lowest BCUT2D eigenvalue weighted by Crippen LogP contribution is -2.30. The third kappa shape index (κ3) is 4.11. The molecule has 0 radical (unpaired) electrons. The molecule has 0 unspecified atom stereocenters. The summed E-state index contributed by atoms with van der Waals surface area (Å²) in [4.78, 5) is 10.6. The molecular weight excluding hydrogens is 390 g/mol. The highest BCUT2D eigenvalue weighted by Gasteiger charge is 2.23. The van der Waals surface area contributed by atoms with Crippen molar-refractivity contribution in [2.45, 2.75) is 0 Å². The number of nitro groups is 1. The van der Waals surface area contributed by atoms with E-state index in [0.29, 0.717) is 11.5 Å². The highest BCUT2D eigenvalue weighted by Crippen LogP contribution is 2.30. The van der Waals surface area contributed by atoms with Crippen molar-refractivity contribution >= 4 is 40.4 Å². The molecule has 4 aromatic carbocycles. The molecule has 7 heteroatoms. The molecule has 31 heavy (non-hydrogen) atoms. The number of nitro benzene ring substituents is 1. The van der Waals surface area contributed by atoms with E-state index in [4.69, 9.17) is 5.73 Å². The predicted octanol–water partition coefficient (Wildman–Crippen LogP) is 4.83. The second kappa shape index (κ2) is 8.46. The fourth-order valence-electron chi connectivity index (χ4n) is 3.25. The van der Waals surface area contributed by atoms with Crippen LogP contribution in [0.5, 0.6) is 0 Å². The Balaban J connectivity index is 1.84. The highest BCUT2D eigenvalue weighted by molar-refractivity contribution is 5.99. The molecule has 0 fully saturated rings. The molecule has 0 spiro atoms. The Kier molecular flexibility index (Phi) is 5.40. The molecule has 4 rings (SSSR count). The summed E-state index contributed by atoms with van der Waals surface area (Å²) in [6.07, 6.45) is 0. The summed E-state index contributed by atoms with van der Waals surface area (Å²) in [5.41, 5.74) is 8.47. The van der Waals surface area contributed by atoms with Crippen LogP contribution in [0.15, 0.2) is 102 Å². The fourth-order valence-corrected chi connectivity index (χ4v) is 3.25. The van der Waals surface area contributed by atoms with E-state index in [1.54, 1.807) is 21.9 Å². The number of hydrogen-bond acceptors (Lipinski definition) is 4.